The number of rotatable bonds is 3. The second-order valence-electron chi connectivity index (χ2n) is 6.81. The molecule has 1 aromatic heterocycles. The van der Waals surface area contributed by atoms with Crippen molar-refractivity contribution in [2.75, 3.05) is 13.1 Å². The van der Waals surface area contributed by atoms with Gasteiger partial charge in [-0.05, 0) is 49.2 Å². The normalized spacial score (nSPS) is 16.8. The number of hydrogen-bond donors (Lipinski definition) is 0. The molecular weight excluding hydrogens is 390 g/mol. The average molecular weight is 405 g/mol. The van der Waals surface area contributed by atoms with Gasteiger partial charge in [0.15, 0.2) is 17.5 Å². The number of benzene rings is 2. The number of carbonyl (C=O) groups excluding carboxylic acids is 1. The van der Waals surface area contributed by atoms with Gasteiger partial charge in [-0.1, -0.05) is 5.16 Å². The van der Waals surface area contributed by atoms with E-state index < -0.39 is 23.4 Å². The molecule has 1 aliphatic heterocycles. The first-order valence-corrected chi connectivity index (χ1v) is 8.95. The summed E-state index contributed by atoms with van der Waals surface area (Å²) < 4.78 is 58.4. The average Bonchev–Trinajstić information content (AvgIpc) is 3.22. The van der Waals surface area contributed by atoms with Crippen molar-refractivity contribution in [1.29, 1.82) is 0 Å². The summed E-state index contributed by atoms with van der Waals surface area (Å²) in [4.78, 5) is 18.4. The van der Waals surface area contributed by atoms with Gasteiger partial charge in [-0.15, -0.1) is 0 Å². The summed E-state index contributed by atoms with van der Waals surface area (Å²) in [5, 5.41) is 3.90. The third-order valence-corrected chi connectivity index (χ3v) is 4.83. The van der Waals surface area contributed by atoms with E-state index in [2.05, 4.69) is 10.1 Å². The third-order valence-electron chi connectivity index (χ3n) is 4.83. The summed E-state index contributed by atoms with van der Waals surface area (Å²) in [6.45, 7) is 0.597. The van der Waals surface area contributed by atoms with Gasteiger partial charge in [-0.3, -0.25) is 4.79 Å². The van der Waals surface area contributed by atoms with Gasteiger partial charge in [0.25, 0.3) is 5.91 Å². The van der Waals surface area contributed by atoms with E-state index in [1.807, 2.05) is 0 Å². The topological polar surface area (TPSA) is 59.2 Å². The van der Waals surface area contributed by atoms with Crippen molar-refractivity contribution in [2.45, 2.75) is 18.8 Å². The number of carbonyl (C=O) groups is 1. The zero-order valence-electron chi connectivity index (χ0n) is 15.0. The van der Waals surface area contributed by atoms with Gasteiger partial charge in [0.1, 0.15) is 5.82 Å². The highest BCUT2D eigenvalue weighted by Gasteiger charge is 2.30. The highest BCUT2D eigenvalue weighted by Crippen LogP contribution is 2.29. The van der Waals surface area contributed by atoms with Gasteiger partial charge in [0.05, 0.1) is 5.92 Å². The summed E-state index contributed by atoms with van der Waals surface area (Å²) >= 11 is 0. The molecule has 2 aromatic carbocycles. The second kappa shape index (κ2) is 7.65. The number of amides is 1. The summed E-state index contributed by atoms with van der Waals surface area (Å²) in [6.07, 6.45) is 1.30. The Hall–Kier alpha value is -3.23. The van der Waals surface area contributed by atoms with Crippen LogP contribution in [0.4, 0.5) is 17.6 Å². The molecule has 0 aliphatic carbocycles. The zero-order valence-corrected chi connectivity index (χ0v) is 15.0. The van der Waals surface area contributed by atoms with Crippen LogP contribution in [0.3, 0.4) is 0 Å². The van der Waals surface area contributed by atoms with E-state index in [1.165, 1.54) is 29.2 Å². The molecule has 1 saturated heterocycles. The standard InChI is InChI=1S/C20H15F4N3O2/c21-14-5-3-11(4-6-14)18-25-19(29-26-18)12-2-1-7-27(10-12)20(28)13-8-15(22)17(24)16(23)9-13/h3-6,8-9,12H,1-2,7,10H2. The molecule has 0 N–H and O–H groups in total. The smallest absolute Gasteiger partial charge is 0.254 e. The van der Waals surface area contributed by atoms with Crippen LogP contribution in [0, 0.1) is 23.3 Å². The summed E-state index contributed by atoms with van der Waals surface area (Å²) in [7, 11) is 0. The third kappa shape index (κ3) is 3.85. The predicted octanol–water partition coefficient (Wildman–Crippen LogP) is 4.31. The number of hydrogen-bond acceptors (Lipinski definition) is 4. The Labute approximate surface area is 162 Å². The molecule has 1 amide bonds. The minimum Gasteiger partial charge on any atom is -0.339 e. The molecule has 9 heteroatoms. The Morgan fingerprint density at radius 2 is 1.76 bits per heavy atom. The van der Waals surface area contributed by atoms with E-state index >= 15 is 0 Å². The Bertz CT molecular complexity index is 1030. The van der Waals surface area contributed by atoms with E-state index in [4.69, 9.17) is 4.52 Å². The van der Waals surface area contributed by atoms with Crippen LogP contribution < -0.4 is 0 Å². The minimum absolute atomic E-state index is 0.213. The number of piperidine rings is 1. The number of nitrogens with zero attached hydrogens (tertiary/aromatic N) is 3. The van der Waals surface area contributed by atoms with Crippen LogP contribution in [0.1, 0.15) is 35.0 Å². The van der Waals surface area contributed by atoms with Crippen molar-refractivity contribution in [3.8, 4) is 11.4 Å². The monoisotopic (exact) mass is 405 g/mol. The van der Waals surface area contributed by atoms with Crippen LogP contribution in [0.15, 0.2) is 40.9 Å². The molecule has 150 valence electrons. The van der Waals surface area contributed by atoms with E-state index in [1.54, 1.807) is 0 Å². The number of aromatic nitrogens is 2. The van der Waals surface area contributed by atoms with Crippen molar-refractivity contribution in [1.82, 2.24) is 15.0 Å². The second-order valence-corrected chi connectivity index (χ2v) is 6.81. The van der Waals surface area contributed by atoms with Crippen molar-refractivity contribution in [3.63, 3.8) is 0 Å². The quantitative estimate of drug-likeness (QED) is 0.481. The zero-order chi connectivity index (χ0) is 20.5. The molecule has 29 heavy (non-hydrogen) atoms. The van der Waals surface area contributed by atoms with Gasteiger partial charge in [0.2, 0.25) is 11.7 Å². The van der Waals surface area contributed by atoms with Gasteiger partial charge in [0, 0.05) is 24.2 Å². The molecule has 1 fully saturated rings. The molecule has 0 bridgehead atoms. The van der Waals surface area contributed by atoms with Gasteiger partial charge in [-0.2, -0.15) is 4.98 Å². The van der Waals surface area contributed by atoms with Gasteiger partial charge < -0.3 is 9.42 Å². The van der Waals surface area contributed by atoms with Crippen LogP contribution in [0.25, 0.3) is 11.4 Å². The molecule has 2 heterocycles. The van der Waals surface area contributed by atoms with Gasteiger partial charge in [-0.25, -0.2) is 17.6 Å². The van der Waals surface area contributed by atoms with Crippen LogP contribution in [-0.4, -0.2) is 34.0 Å². The molecular formula is C20H15F4N3O2. The Kier molecular flexibility index (Phi) is 5.04. The van der Waals surface area contributed by atoms with Crippen LogP contribution >= 0.6 is 0 Å². The lowest BCUT2D eigenvalue weighted by molar-refractivity contribution is 0.0694. The molecule has 0 radical (unpaired) electrons. The lowest BCUT2D eigenvalue weighted by Crippen LogP contribution is -2.39. The summed E-state index contributed by atoms with van der Waals surface area (Å²) in [5.41, 5.74) is 0.321. The fraction of sp³-hybridized carbons (Fsp3) is 0.250. The Balaban J connectivity index is 1.51. The summed E-state index contributed by atoms with van der Waals surface area (Å²) in [6, 6.07) is 6.99. The van der Waals surface area contributed by atoms with E-state index in [9.17, 15) is 22.4 Å². The maximum atomic E-state index is 13.5. The van der Waals surface area contributed by atoms with Crippen molar-refractivity contribution >= 4 is 5.91 Å². The molecule has 1 unspecified atom stereocenters. The first kappa shape index (κ1) is 19.1. The molecule has 1 atom stereocenters. The molecule has 3 aromatic rings. The first-order valence-electron chi connectivity index (χ1n) is 8.95. The highest BCUT2D eigenvalue weighted by atomic mass is 19.2. The Morgan fingerprint density at radius 1 is 1.07 bits per heavy atom. The number of likely N-dealkylation sites (tertiary alicyclic amines) is 1. The summed E-state index contributed by atoms with van der Waals surface area (Å²) in [5.74, 6) is -5.07. The fourth-order valence-corrected chi connectivity index (χ4v) is 3.34. The maximum absolute atomic E-state index is 13.5. The molecule has 5 nitrogen and oxygen atoms in total. The Morgan fingerprint density at radius 3 is 2.45 bits per heavy atom. The first-order chi connectivity index (χ1) is 13.9. The SMILES string of the molecule is O=C(c1cc(F)c(F)c(F)c1)N1CCCC(c2nc(-c3ccc(F)cc3)no2)C1. The largest absolute Gasteiger partial charge is 0.339 e. The van der Waals surface area contributed by atoms with E-state index in [0.717, 1.165) is 0 Å². The van der Waals surface area contributed by atoms with E-state index in [0.29, 0.717) is 48.8 Å². The van der Waals surface area contributed by atoms with Crippen molar-refractivity contribution in [2.24, 2.45) is 0 Å². The molecule has 0 saturated carbocycles. The van der Waals surface area contributed by atoms with Gasteiger partial charge >= 0.3 is 0 Å². The van der Waals surface area contributed by atoms with Crippen molar-refractivity contribution in [3.05, 3.63) is 71.1 Å². The van der Waals surface area contributed by atoms with E-state index in [-0.39, 0.29) is 23.8 Å². The molecule has 4 rings (SSSR count). The molecule has 1 aliphatic rings. The lowest BCUT2D eigenvalue weighted by Gasteiger charge is -2.31. The van der Waals surface area contributed by atoms with Crippen LogP contribution in [0.2, 0.25) is 0 Å². The highest BCUT2D eigenvalue weighted by molar-refractivity contribution is 5.94. The van der Waals surface area contributed by atoms with Crippen molar-refractivity contribution < 1.29 is 26.9 Å². The maximum Gasteiger partial charge on any atom is 0.254 e. The predicted molar refractivity (Wildman–Crippen MR) is 93.9 cm³/mol. The van der Waals surface area contributed by atoms with Crippen LogP contribution in [0.5, 0.6) is 0 Å². The lowest BCUT2D eigenvalue weighted by atomic mass is 9.97. The molecule has 0 spiro atoms. The van der Waals surface area contributed by atoms with Crippen LogP contribution in [-0.2, 0) is 0 Å². The number of halogens is 4. The minimum atomic E-state index is -1.61. The fourth-order valence-electron chi connectivity index (χ4n) is 3.34.